The summed E-state index contributed by atoms with van der Waals surface area (Å²) < 4.78 is 0. The number of carbonyl (C=O) groups excluding carboxylic acids is 2. The van der Waals surface area contributed by atoms with Gasteiger partial charge >= 0.3 is 0 Å². The number of anilines is 1. The first-order chi connectivity index (χ1) is 12.6. The molecule has 0 radical (unpaired) electrons. The molecule has 6 heteroatoms. The molecule has 6 nitrogen and oxygen atoms in total. The van der Waals surface area contributed by atoms with Gasteiger partial charge in [0, 0.05) is 56.9 Å². The highest BCUT2D eigenvalue weighted by atomic mass is 16.2. The predicted octanol–water partition coefficient (Wildman–Crippen LogP) is 1.99. The number of benzene rings is 1. The van der Waals surface area contributed by atoms with E-state index in [0.29, 0.717) is 25.1 Å². The minimum atomic E-state index is -0.0474. The van der Waals surface area contributed by atoms with E-state index >= 15 is 0 Å². The van der Waals surface area contributed by atoms with Gasteiger partial charge in [0.15, 0.2) is 0 Å². The topological polar surface area (TPSA) is 78.7 Å². The molecule has 0 saturated carbocycles. The molecule has 2 rings (SSSR count). The molecular formula is C20H32N4O2. The lowest BCUT2D eigenvalue weighted by molar-refractivity contribution is -0.121. The van der Waals surface area contributed by atoms with Gasteiger partial charge in [0.05, 0.1) is 0 Å². The maximum absolute atomic E-state index is 13.0. The summed E-state index contributed by atoms with van der Waals surface area (Å²) in [4.78, 5) is 28.8. The Hall–Kier alpha value is -2.08. The van der Waals surface area contributed by atoms with Crippen LogP contribution >= 0.6 is 0 Å². The Bertz CT molecular complexity index is 588. The summed E-state index contributed by atoms with van der Waals surface area (Å²) >= 11 is 0. The van der Waals surface area contributed by atoms with Crippen molar-refractivity contribution < 1.29 is 9.59 Å². The van der Waals surface area contributed by atoms with E-state index in [2.05, 4.69) is 24.2 Å². The van der Waals surface area contributed by atoms with Crippen molar-refractivity contribution in [3.8, 4) is 0 Å². The molecule has 1 aromatic rings. The Labute approximate surface area is 156 Å². The average Bonchev–Trinajstić information content (AvgIpc) is 2.66. The Morgan fingerprint density at radius 1 is 1.27 bits per heavy atom. The fourth-order valence-corrected chi connectivity index (χ4v) is 3.42. The first-order valence-corrected chi connectivity index (χ1v) is 9.65. The molecule has 1 aliphatic rings. The predicted molar refractivity (Wildman–Crippen MR) is 105 cm³/mol. The second-order valence-corrected chi connectivity index (χ2v) is 6.96. The third-order valence-electron chi connectivity index (χ3n) is 4.91. The Kier molecular flexibility index (Phi) is 7.91. The zero-order chi connectivity index (χ0) is 18.9. The number of rotatable bonds is 8. The summed E-state index contributed by atoms with van der Waals surface area (Å²) in [5.41, 5.74) is 7.24. The van der Waals surface area contributed by atoms with Gasteiger partial charge < -0.3 is 20.9 Å². The van der Waals surface area contributed by atoms with Crippen molar-refractivity contribution in [2.45, 2.75) is 45.1 Å². The summed E-state index contributed by atoms with van der Waals surface area (Å²) in [5.74, 6) is 0.00116. The lowest BCUT2D eigenvalue weighted by Crippen LogP contribution is -2.49. The number of likely N-dealkylation sites (tertiary alicyclic amines) is 1. The minimum absolute atomic E-state index is 0.0474. The van der Waals surface area contributed by atoms with Gasteiger partial charge in [-0.3, -0.25) is 9.59 Å². The molecule has 144 valence electrons. The molecule has 0 spiro atoms. The molecule has 1 aliphatic heterocycles. The molecule has 26 heavy (non-hydrogen) atoms. The molecule has 1 atom stereocenters. The van der Waals surface area contributed by atoms with Crippen LogP contribution in [-0.4, -0.2) is 56.0 Å². The van der Waals surface area contributed by atoms with Crippen LogP contribution in [0.15, 0.2) is 24.3 Å². The second-order valence-electron chi connectivity index (χ2n) is 6.96. The summed E-state index contributed by atoms with van der Waals surface area (Å²) in [6.45, 7) is 4.73. The van der Waals surface area contributed by atoms with Gasteiger partial charge in [-0.15, -0.1) is 0 Å². The van der Waals surface area contributed by atoms with Crippen LogP contribution in [0.4, 0.5) is 5.69 Å². The lowest BCUT2D eigenvalue weighted by Gasteiger charge is -2.36. The fourth-order valence-electron chi connectivity index (χ4n) is 3.42. The van der Waals surface area contributed by atoms with E-state index in [4.69, 9.17) is 5.73 Å². The summed E-state index contributed by atoms with van der Waals surface area (Å²) in [5, 5.41) is 2.91. The maximum Gasteiger partial charge on any atom is 0.254 e. The largest absolute Gasteiger partial charge is 0.375 e. The van der Waals surface area contributed by atoms with E-state index < -0.39 is 0 Å². The number of nitrogens with one attached hydrogen (secondary N) is 1. The second kappa shape index (κ2) is 10.2. The van der Waals surface area contributed by atoms with Gasteiger partial charge in [-0.05, 0) is 49.9 Å². The molecule has 0 bridgehead atoms. The molecule has 1 saturated heterocycles. The van der Waals surface area contributed by atoms with Gasteiger partial charge in [-0.2, -0.15) is 0 Å². The zero-order valence-electron chi connectivity index (χ0n) is 16.0. The number of amides is 2. The number of nitrogens with zero attached hydrogens (tertiary/aromatic N) is 2. The van der Waals surface area contributed by atoms with Crippen LogP contribution < -0.4 is 16.0 Å². The van der Waals surface area contributed by atoms with Crippen molar-refractivity contribution in [1.82, 2.24) is 10.2 Å². The van der Waals surface area contributed by atoms with Crippen LogP contribution in [0.25, 0.3) is 0 Å². The first kappa shape index (κ1) is 20.2. The minimum Gasteiger partial charge on any atom is -0.375 e. The Morgan fingerprint density at radius 3 is 2.65 bits per heavy atom. The maximum atomic E-state index is 13.0. The molecule has 2 amide bonds. The first-order valence-electron chi connectivity index (χ1n) is 9.65. The van der Waals surface area contributed by atoms with E-state index in [1.54, 1.807) is 0 Å². The lowest BCUT2D eigenvalue weighted by atomic mass is 10.0. The van der Waals surface area contributed by atoms with Crippen molar-refractivity contribution in [3.05, 3.63) is 29.8 Å². The van der Waals surface area contributed by atoms with Crippen LogP contribution in [0.5, 0.6) is 0 Å². The number of hydrogen-bond acceptors (Lipinski definition) is 4. The molecular weight excluding hydrogens is 328 g/mol. The van der Waals surface area contributed by atoms with Crippen LogP contribution in [0.2, 0.25) is 0 Å². The third-order valence-corrected chi connectivity index (χ3v) is 4.91. The van der Waals surface area contributed by atoms with Gasteiger partial charge in [-0.25, -0.2) is 0 Å². The summed E-state index contributed by atoms with van der Waals surface area (Å²) in [7, 11) is 2.06. The van der Waals surface area contributed by atoms with E-state index in [-0.39, 0.29) is 17.9 Å². The van der Waals surface area contributed by atoms with Crippen molar-refractivity contribution in [2.75, 3.05) is 38.1 Å². The van der Waals surface area contributed by atoms with Crippen LogP contribution in [0.1, 0.15) is 49.4 Å². The molecule has 1 fully saturated rings. The van der Waals surface area contributed by atoms with Gasteiger partial charge in [-0.1, -0.05) is 6.92 Å². The van der Waals surface area contributed by atoms with Crippen LogP contribution in [-0.2, 0) is 4.79 Å². The highest BCUT2D eigenvalue weighted by molar-refractivity contribution is 5.95. The van der Waals surface area contributed by atoms with E-state index in [1.807, 2.05) is 29.2 Å². The zero-order valence-corrected chi connectivity index (χ0v) is 16.0. The monoisotopic (exact) mass is 360 g/mol. The van der Waals surface area contributed by atoms with Crippen molar-refractivity contribution in [1.29, 1.82) is 0 Å². The van der Waals surface area contributed by atoms with Crippen molar-refractivity contribution in [2.24, 2.45) is 5.73 Å². The summed E-state index contributed by atoms with van der Waals surface area (Å²) in [6, 6.07) is 7.88. The third kappa shape index (κ3) is 5.46. The van der Waals surface area contributed by atoms with Crippen molar-refractivity contribution in [3.63, 3.8) is 0 Å². The number of nitrogens with two attached hydrogens (primary N) is 1. The van der Waals surface area contributed by atoms with E-state index in [9.17, 15) is 9.59 Å². The van der Waals surface area contributed by atoms with Gasteiger partial charge in [0.2, 0.25) is 5.91 Å². The van der Waals surface area contributed by atoms with Crippen LogP contribution in [0, 0.1) is 0 Å². The van der Waals surface area contributed by atoms with E-state index in [0.717, 1.165) is 44.5 Å². The highest BCUT2D eigenvalue weighted by Gasteiger charge is 2.27. The van der Waals surface area contributed by atoms with E-state index in [1.165, 1.54) is 0 Å². The van der Waals surface area contributed by atoms with Crippen LogP contribution in [0.3, 0.4) is 0 Å². The Morgan fingerprint density at radius 2 is 2.00 bits per heavy atom. The molecule has 3 N–H and O–H groups in total. The van der Waals surface area contributed by atoms with Gasteiger partial charge in [0.25, 0.3) is 5.91 Å². The molecule has 0 aromatic heterocycles. The number of carbonyl (C=O) groups is 2. The molecule has 1 unspecified atom stereocenters. The van der Waals surface area contributed by atoms with Crippen molar-refractivity contribution >= 4 is 17.5 Å². The average molecular weight is 361 g/mol. The number of hydrogen-bond donors (Lipinski definition) is 2. The smallest absolute Gasteiger partial charge is 0.254 e. The van der Waals surface area contributed by atoms with Gasteiger partial charge in [0.1, 0.15) is 0 Å². The summed E-state index contributed by atoms with van der Waals surface area (Å²) in [6.07, 6.45) is 4.43. The molecule has 1 heterocycles. The quantitative estimate of drug-likeness (QED) is 0.743. The number of piperidine rings is 1. The molecule has 1 aromatic carbocycles. The Balaban J connectivity index is 2.01. The SMILES string of the molecule is CCCN(C)c1ccc(C(=O)N2CCCCC2CNC(=O)CCN)cc1. The molecule has 0 aliphatic carbocycles. The highest BCUT2D eigenvalue weighted by Crippen LogP contribution is 2.21. The standard InChI is InChI=1S/C20H32N4O2/c1-3-13-23(2)17-9-7-16(8-10-17)20(26)24-14-5-4-6-18(24)15-22-19(25)11-12-21/h7-10,18H,3-6,11-15,21H2,1-2H3,(H,22,25). The fraction of sp³-hybridized carbons (Fsp3) is 0.600. The normalized spacial score (nSPS) is 17.0.